The molecule has 1 unspecified atom stereocenters. The molecule has 4 aromatic rings. The van der Waals surface area contributed by atoms with E-state index in [1.54, 1.807) is 6.92 Å². The summed E-state index contributed by atoms with van der Waals surface area (Å²) in [5.74, 6) is 0.429. The largest absolute Gasteiger partial charge is 0.466 e. The smallest absolute Gasteiger partial charge is 0.307 e. The van der Waals surface area contributed by atoms with E-state index in [9.17, 15) is 9.59 Å². The number of hydrogen-bond acceptors (Lipinski definition) is 7. The number of aromatic nitrogens is 2. The number of carbonyl (C=O) groups is 2. The summed E-state index contributed by atoms with van der Waals surface area (Å²) in [5.41, 5.74) is 4.35. The highest BCUT2D eigenvalue weighted by atomic mass is 16.5. The number of carbonyl (C=O) groups excluding carboxylic acids is 2. The van der Waals surface area contributed by atoms with E-state index in [2.05, 4.69) is 27.8 Å². The first kappa shape index (κ1) is 27.6. The van der Waals surface area contributed by atoms with Crippen LogP contribution in [-0.2, 0) is 9.53 Å². The Hall–Kier alpha value is -4.46. The van der Waals surface area contributed by atoms with E-state index in [1.807, 2.05) is 78.9 Å². The van der Waals surface area contributed by atoms with Gasteiger partial charge < -0.3 is 19.8 Å². The topological polar surface area (TPSA) is 106 Å². The first-order chi connectivity index (χ1) is 19.1. The van der Waals surface area contributed by atoms with Gasteiger partial charge in [-0.2, -0.15) is 0 Å². The van der Waals surface area contributed by atoms with Crippen molar-refractivity contribution in [1.82, 2.24) is 15.5 Å². The number of unbranched alkanes of at least 4 members (excludes halogenated alkanes) is 1. The molecule has 8 heteroatoms. The van der Waals surface area contributed by atoms with Crippen LogP contribution in [0.4, 0.5) is 5.69 Å². The number of nitrogens with zero attached hydrogens (tertiary/aromatic N) is 2. The van der Waals surface area contributed by atoms with Gasteiger partial charge in [-0.3, -0.25) is 9.59 Å². The Morgan fingerprint density at radius 2 is 1.54 bits per heavy atom. The summed E-state index contributed by atoms with van der Waals surface area (Å²) in [4.78, 5) is 23.9. The number of amides is 1. The van der Waals surface area contributed by atoms with Crippen LogP contribution >= 0.6 is 0 Å². The van der Waals surface area contributed by atoms with Crippen molar-refractivity contribution in [3.8, 4) is 22.9 Å². The van der Waals surface area contributed by atoms with Crippen LogP contribution < -0.4 is 10.6 Å². The molecular formula is C31H34N4O4. The van der Waals surface area contributed by atoms with Crippen LogP contribution in [-0.4, -0.2) is 35.2 Å². The van der Waals surface area contributed by atoms with E-state index < -0.39 is 0 Å². The standard InChI is InChI=1S/C31H34N4O4/c1-3-5-11-27(22-12-14-23(15-13-22)29(37)32-21-20-28(36)38-4-2)33-26-18-16-25(17-19-26)31-35-34-30(39-31)24-9-7-6-8-10-24/h6-10,12-19,27,33H,3-5,11,20-21H2,1-2H3,(H,32,37). The highest BCUT2D eigenvalue weighted by molar-refractivity contribution is 5.94. The quantitative estimate of drug-likeness (QED) is 0.193. The molecule has 0 saturated carbocycles. The second-order valence-electron chi connectivity index (χ2n) is 9.13. The molecule has 3 aromatic carbocycles. The maximum absolute atomic E-state index is 12.5. The van der Waals surface area contributed by atoms with Crippen molar-refractivity contribution in [3.05, 3.63) is 90.0 Å². The Balaban J connectivity index is 1.39. The third-order valence-electron chi connectivity index (χ3n) is 6.26. The van der Waals surface area contributed by atoms with Crippen molar-refractivity contribution in [2.45, 2.75) is 45.6 Å². The molecule has 0 fully saturated rings. The van der Waals surface area contributed by atoms with E-state index in [0.29, 0.717) is 24.0 Å². The zero-order valence-electron chi connectivity index (χ0n) is 22.4. The van der Waals surface area contributed by atoms with Gasteiger partial charge in [0.1, 0.15) is 0 Å². The maximum atomic E-state index is 12.5. The maximum Gasteiger partial charge on any atom is 0.307 e. The second kappa shape index (κ2) is 13.9. The lowest BCUT2D eigenvalue weighted by molar-refractivity contribution is -0.142. The molecule has 1 aromatic heterocycles. The number of hydrogen-bond donors (Lipinski definition) is 2. The minimum atomic E-state index is -0.319. The van der Waals surface area contributed by atoms with Crippen molar-refractivity contribution in [1.29, 1.82) is 0 Å². The predicted octanol–water partition coefficient (Wildman–Crippen LogP) is 6.43. The van der Waals surface area contributed by atoms with E-state index >= 15 is 0 Å². The van der Waals surface area contributed by atoms with Crippen molar-refractivity contribution in [2.24, 2.45) is 0 Å². The van der Waals surface area contributed by atoms with Gasteiger partial charge in [0.05, 0.1) is 19.1 Å². The van der Waals surface area contributed by atoms with Gasteiger partial charge in [-0.25, -0.2) is 0 Å². The van der Waals surface area contributed by atoms with Crippen LogP contribution in [0.3, 0.4) is 0 Å². The third kappa shape index (κ3) is 7.77. The van der Waals surface area contributed by atoms with Gasteiger partial charge in [-0.1, -0.05) is 50.1 Å². The number of ether oxygens (including phenoxy) is 1. The molecular weight excluding hydrogens is 492 g/mol. The summed E-state index contributed by atoms with van der Waals surface area (Å²) in [6, 6.07) is 25.3. The summed E-state index contributed by atoms with van der Waals surface area (Å²) in [5, 5.41) is 14.8. The van der Waals surface area contributed by atoms with Crippen LogP contribution in [0, 0.1) is 0 Å². The van der Waals surface area contributed by atoms with Gasteiger partial charge in [0.15, 0.2) is 0 Å². The number of rotatable bonds is 13. The minimum absolute atomic E-state index is 0.0878. The second-order valence-corrected chi connectivity index (χ2v) is 9.13. The van der Waals surface area contributed by atoms with Crippen LogP contribution in [0.5, 0.6) is 0 Å². The molecule has 4 rings (SSSR count). The number of nitrogens with one attached hydrogen (secondary N) is 2. The SMILES string of the molecule is CCCCC(Nc1ccc(-c2nnc(-c3ccccc3)o2)cc1)c1ccc(C(=O)NCCC(=O)OCC)cc1. The molecule has 1 atom stereocenters. The molecule has 0 bridgehead atoms. The Kier molecular flexibility index (Phi) is 9.83. The van der Waals surface area contributed by atoms with Crippen LogP contribution in [0.2, 0.25) is 0 Å². The Bertz CT molecular complexity index is 1340. The van der Waals surface area contributed by atoms with E-state index in [0.717, 1.165) is 41.6 Å². The van der Waals surface area contributed by atoms with Crippen LogP contribution in [0.15, 0.2) is 83.3 Å². The van der Waals surface area contributed by atoms with Gasteiger partial charge in [0, 0.05) is 28.9 Å². The highest BCUT2D eigenvalue weighted by Crippen LogP contribution is 2.28. The summed E-state index contributed by atoms with van der Waals surface area (Å²) >= 11 is 0. The molecule has 0 saturated heterocycles. The monoisotopic (exact) mass is 526 g/mol. The summed E-state index contributed by atoms with van der Waals surface area (Å²) in [7, 11) is 0. The average Bonchev–Trinajstić information content (AvgIpc) is 3.47. The summed E-state index contributed by atoms with van der Waals surface area (Å²) < 4.78 is 10.8. The van der Waals surface area contributed by atoms with Crippen LogP contribution in [0.1, 0.15) is 61.5 Å². The first-order valence-corrected chi connectivity index (χ1v) is 13.4. The molecule has 39 heavy (non-hydrogen) atoms. The first-order valence-electron chi connectivity index (χ1n) is 13.4. The van der Waals surface area contributed by atoms with Crippen molar-refractivity contribution < 1.29 is 18.7 Å². The fourth-order valence-corrected chi connectivity index (χ4v) is 4.16. The predicted molar refractivity (Wildman–Crippen MR) is 151 cm³/mol. The third-order valence-corrected chi connectivity index (χ3v) is 6.26. The zero-order chi connectivity index (χ0) is 27.5. The highest BCUT2D eigenvalue weighted by Gasteiger charge is 2.15. The molecule has 0 spiro atoms. The van der Waals surface area contributed by atoms with Gasteiger partial charge in [-0.05, 0) is 67.4 Å². The molecule has 0 aliphatic carbocycles. The van der Waals surface area contributed by atoms with Crippen LogP contribution in [0.25, 0.3) is 22.9 Å². The fraction of sp³-hybridized carbons (Fsp3) is 0.290. The minimum Gasteiger partial charge on any atom is -0.466 e. The molecule has 2 N–H and O–H groups in total. The summed E-state index contributed by atoms with van der Waals surface area (Å²) in [6.45, 7) is 4.50. The molecule has 1 heterocycles. The molecule has 1 amide bonds. The van der Waals surface area contributed by atoms with E-state index in [-0.39, 0.29) is 30.9 Å². The van der Waals surface area contributed by atoms with Gasteiger partial charge >= 0.3 is 5.97 Å². The number of benzene rings is 3. The zero-order valence-corrected chi connectivity index (χ0v) is 22.4. The molecule has 0 aliphatic heterocycles. The number of esters is 1. The Morgan fingerprint density at radius 1 is 0.872 bits per heavy atom. The van der Waals surface area contributed by atoms with Gasteiger partial charge in [0.2, 0.25) is 11.8 Å². The molecule has 202 valence electrons. The fourth-order valence-electron chi connectivity index (χ4n) is 4.16. The van der Waals surface area contributed by atoms with E-state index in [1.165, 1.54) is 0 Å². The normalized spacial score (nSPS) is 11.5. The van der Waals surface area contributed by atoms with Crippen molar-refractivity contribution >= 4 is 17.6 Å². The lowest BCUT2D eigenvalue weighted by Gasteiger charge is -2.21. The van der Waals surface area contributed by atoms with Gasteiger partial charge in [0.25, 0.3) is 5.91 Å². The Morgan fingerprint density at radius 3 is 2.18 bits per heavy atom. The van der Waals surface area contributed by atoms with Crippen molar-refractivity contribution in [2.75, 3.05) is 18.5 Å². The molecule has 0 radical (unpaired) electrons. The van der Waals surface area contributed by atoms with E-state index in [4.69, 9.17) is 9.15 Å². The average molecular weight is 527 g/mol. The Labute approximate surface area is 228 Å². The lowest BCUT2D eigenvalue weighted by atomic mass is 9.99. The summed E-state index contributed by atoms with van der Waals surface area (Å²) in [6.07, 6.45) is 3.25. The number of anilines is 1. The molecule has 0 aliphatic rings. The van der Waals surface area contributed by atoms with Crippen molar-refractivity contribution in [3.63, 3.8) is 0 Å². The molecule has 8 nitrogen and oxygen atoms in total. The lowest BCUT2D eigenvalue weighted by Crippen LogP contribution is -2.26. The van der Waals surface area contributed by atoms with Gasteiger partial charge in [-0.15, -0.1) is 10.2 Å².